The Morgan fingerprint density at radius 3 is 2.91 bits per heavy atom. The smallest absolute Gasteiger partial charge is 0.235 e. The first kappa shape index (κ1) is 23.4. The molecular weight excluding hydrogens is 472 g/mol. The summed E-state index contributed by atoms with van der Waals surface area (Å²) in [6.45, 7) is 2.91. The SMILES string of the molecule is Cc1cc(-c2nc3c(nc2Cl)N2CC[C@H](C2)C3C(=O)Nc2cc(OC[C@H](O)CO)ccn2)ccn1. The van der Waals surface area contributed by atoms with E-state index >= 15 is 0 Å². The fourth-order valence-electron chi connectivity index (χ4n) is 4.57. The summed E-state index contributed by atoms with van der Waals surface area (Å²) >= 11 is 6.54. The van der Waals surface area contributed by atoms with Crippen molar-refractivity contribution < 1.29 is 19.7 Å². The van der Waals surface area contributed by atoms with Crippen LogP contribution in [0.4, 0.5) is 11.6 Å². The van der Waals surface area contributed by atoms with Gasteiger partial charge >= 0.3 is 0 Å². The predicted molar refractivity (Wildman–Crippen MR) is 130 cm³/mol. The van der Waals surface area contributed by atoms with E-state index in [4.69, 9.17) is 26.4 Å². The number of nitrogens with zero attached hydrogens (tertiary/aromatic N) is 5. The van der Waals surface area contributed by atoms with Crippen LogP contribution in [0, 0.1) is 12.8 Å². The standard InChI is InChI=1S/C24H25ClN6O4/c1-13-8-14(2-5-26-13)20-22(25)30-23-21(29-20)19(15-4-7-31(23)10-15)24(34)28-18-9-17(3-6-27-18)35-12-16(33)11-32/h2-3,5-6,8-9,15-16,19,32-33H,4,7,10-12H2,1H3,(H,27,28,34)/t15-,16-,19?/m1/s1. The molecule has 3 aromatic heterocycles. The summed E-state index contributed by atoms with van der Waals surface area (Å²) in [6.07, 6.45) is 3.05. The summed E-state index contributed by atoms with van der Waals surface area (Å²) in [5.74, 6) is 0.718. The molecule has 1 saturated heterocycles. The molecule has 0 aliphatic carbocycles. The van der Waals surface area contributed by atoms with Crippen molar-refractivity contribution in [3.8, 4) is 17.0 Å². The fraction of sp³-hybridized carbons (Fsp3) is 0.375. The normalized spacial score (nSPS) is 19.3. The van der Waals surface area contributed by atoms with E-state index in [1.54, 1.807) is 18.3 Å². The summed E-state index contributed by atoms with van der Waals surface area (Å²) < 4.78 is 5.47. The molecule has 35 heavy (non-hydrogen) atoms. The van der Waals surface area contributed by atoms with Crippen molar-refractivity contribution in [2.45, 2.75) is 25.4 Å². The Bertz CT molecular complexity index is 1260. The molecule has 2 bridgehead atoms. The molecule has 10 nitrogen and oxygen atoms in total. The van der Waals surface area contributed by atoms with Crippen LogP contribution in [0.1, 0.15) is 23.7 Å². The highest BCUT2D eigenvalue weighted by molar-refractivity contribution is 6.32. The lowest BCUT2D eigenvalue weighted by atomic mass is 9.86. The number of carbonyl (C=O) groups is 1. The number of hydrogen-bond donors (Lipinski definition) is 3. The van der Waals surface area contributed by atoms with Crippen LogP contribution in [0.25, 0.3) is 11.3 Å². The number of carbonyl (C=O) groups excluding carboxylic acids is 1. The molecule has 3 N–H and O–H groups in total. The van der Waals surface area contributed by atoms with Gasteiger partial charge in [-0.15, -0.1) is 0 Å². The monoisotopic (exact) mass is 496 g/mol. The van der Waals surface area contributed by atoms with Gasteiger partial charge in [-0.2, -0.15) is 0 Å². The average molecular weight is 497 g/mol. The summed E-state index contributed by atoms with van der Waals surface area (Å²) in [4.78, 5) is 33.6. The van der Waals surface area contributed by atoms with Gasteiger partial charge in [0.25, 0.3) is 0 Å². The first-order chi connectivity index (χ1) is 16.9. The maximum absolute atomic E-state index is 13.5. The summed E-state index contributed by atoms with van der Waals surface area (Å²) in [5, 5.41) is 21.6. The topological polar surface area (TPSA) is 134 Å². The number of aliphatic hydroxyl groups is 2. The molecule has 3 atom stereocenters. The van der Waals surface area contributed by atoms with Crippen molar-refractivity contribution in [1.29, 1.82) is 0 Å². The van der Waals surface area contributed by atoms with Crippen molar-refractivity contribution in [2.75, 3.05) is 36.5 Å². The van der Waals surface area contributed by atoms with E-state index in [-0.39, 0.29) is 23.6 Å². The van der Waals surface area contributed by atoms with Gasteiger partial charge in [-0.3, -0.25) is 9.78 Å². The molecule has 1 fully saturated rings. The van der Waals surface area contributed by atoms with Crippen molar-refractivity contribution in [3.63, 3.8) is 0 Å². The molecule has 1 amide bonds. The Hall–Kier alpha value is -3.34. The van der Waals surface area contributed by atoms with Crippen LogP contribution in [0.15, 0.2) is 36.7 Å². The second-order valence-corrected chi connectivity index (χ2v) is 9.10. The summed E-state index contributed by atoms with van der Waals surface area (Å²) in [7, 11) is 0. The first-order valence-corrected chi connectivity index (χ1v) is 11.7. The van der Waals surface area contributed by atoms with Crippen LogP contribution in [-0.4, -0.2) is 68.5 Å². The lowest BCUT2D eigenvalue weighted by molar-refractivity contribution is -0.118. The number of ether oxygens (including phenoxy) is 1. The third kappa shape index (κ3) is 4.77. The fourth-order valence-corrected chi connectivity index (χ4v) is 4.80. The van der Waals surface area contributed by atoms with Crippen LogP contribution in [0.2, 0.25) is 5.15 Å². The van der Waals surface area contributed by atoms with E-state index < -0.39 is 18.6 Å². The maximum Gasteiger partial charge on any atom is 0.235 e. The maximum atomic E-state index is 13.5. The van der Waals surface area contributed by atoms with Gasteiger partial charge in [-0.25, -0.2) is 15.0 Å². The molecule has 2 aliphatic rings. The van der Waals surface area contributed by atoms with Gasteiger partial charge in [0.1, 0.15) is 30.0 Å². The Morgan fingerprint density at radius 2 is 2.11 bits per heavy atom. The molecule has 0 spiro atoms. The number of aromatic nitrogens is 4. The van der Waals surface area contributed by atoms with Crippen molar-refractivity contribution in [3.05, 3.63) is 53.2 Å². The van der Waals surface area contributed by atoms with Gasteiger partial charge in [0.2, 0.25) is 5.91 Å². The molecule has 1 unspecified atom stereocenters. The molecule has 3 aromatic rings. The minimum atomic E-state index is -0.992. The van der Waals surface area contributed by atoms with Gasteiger partial charge in [0.05, 0.1) is 18.2 Å². The minimum Gasteiger partial charge on any atom is -0.491 e. The molecule has 0 aromatic carbocycles. The largest absolute Gasteiger partial charge is 0.491 e. The van der Waals surface area contributed by atoms with Gasteiger partial charge in [0, 0.05) is 42.8 Å². The van der Waals surface area contributed by atoms with Gasteiger partial charge < -0.3 is 25.2 Å². The van der Waals surface area contributed by atoms with Crippen molar-refractivity contribution in [1.82, 2.24) is 19.9 Å². The predicted octanol–water partition coefficient (Wildman–Crippen LogP) is 2.19. The zero-order chi connectivity index (χ0) is 24.5. The van der Waals surface area contributed by atoms with E-state index in [0.717, 1.165) is 24.2 Å². The summed E-state index contributed by atoms with van der Waals surface area (Å²) in [6, 6.07) is 6.90. The lowest BCUT2D eigenvalue weighted by Gasteiger charge is -2.31. The number of halogens is 1. The van der Waals surface area contributed by atoms with E-state index in [2.05, 4.69) is 25.2 Å². The number of pyridine rings is 2. The first-order valence-electron chi connectivity index (χ1n) is 11.4. The average Bonchev–Trinajstić information content (AvgIpc) is 3.27. The molecule has 5 heterocycles. The summed E-state index contributed by atoms with van der Waals surface area (Å²) in [5.41, 5.74) is 2.74. The molecule has 5 rings (SSSR count). The lowest BCUT2D eigenvalue weighted by Crippen LogP contribution is -2.36. The van der Waals surface area contributed by atoms with Crippen molar-refractivity contribution >= 4 is 29.1 Å². The Balaban J connectivity index is 1.44. The van der Waals surface area contributed by atoms with E-state index in [1.807, 2.05) is 19.1 Å². The third-order valence-electron chi connectivity index (χ3n) is 6.24. The number of aryl methyl sites for hydroxylation is 1. The Labute approximate surface area is 207 Å². The molecule has 0 radical (unpaired) electrons. The van der Waals surface area contributed by atoms with E-state index in [9.17, 15) is 9.90 Å². The highest BCUT2D eigenvalue weighted by Crippen LogP contribution is 2.44. The van der Waals surface area contributed by atoms with Crippen LogP contribution in [-0.2, 0) is 4.79 Å². The van der Waals surface area contributed by atoms with Crippen LogP contribution in [0.5, 0.6) is 5.75 Å². The van der Waals surface area contributed by atoms with Crippen LogP contribution < -0.4 is 15.0 Å². The minimum absolute atomic E-state index is 0.0740. The number of amides is 1. The third-order valence-corrected chi connectivity index (χ3v) is 6.50. The van der Waals surface area contributed by atoms with Gasteiger partial charge in [0.15, 0.2) is 11.0 Å². The molecule has 2 aliphatic heterocycles. The number of nitrogens with one attached hydrogen (secondary N) is 1. The number of aliphatic hydroxyl groups excluding tert-OH is 2. The molecule has 0 saturated carbocycles. The molecule has 182 valence electrons. The number of rotatable bonds is 7. The number of anilines is 2. The number of fused-ring (bicyclic) bond motifs is 4. The second kappa shape index (κ2) is 9.73. The highest BCUT2D eigenvalue weighted by atomic mass is 35.5. The van der Waals surface area contributed by atoms with Gasteiger partial charge in [-0.1, -0.05) is 11.6 Å². The van der Waals surface area contributed by atoms with E-state index in [1.165, 1.54) is 6.20 Å². The quantitative estimate of drug-likeness (QED) is 0.450. The zero-order valence-electron chi connectivity index (χ0n) is 19.1. The van der Waals surface area contributed by atoms with Crippen LogP contribution >= 0.6 is 11.6 Å². The Morgan fingerprint density at radius 1 is 1.29 bits per heavy atom. The molecular formula is C24H25ClN6O4. The van der Waals surface area contributed by atoms with Gasteiger partial charge in [-0.05, 0) is 37.5 Å². The number of hydrogen-bond acceptors (Lipinski definition) is 9. The van der Waals surface area contributed by atoms with Crippen LogP contribution in [0.3, 0.4) is 0 Å². The highest BCUT2D eigenvalue weighted by Gasteiger charge is 2.44. The zero-order valence-corrected chi connectivity index (χ0v) is 19.8. The van der Waals surface area contributed by atoms with Crippen molar-refractivity contribution in [2.24, 2.45) is 5.92 Å². The van der Waals surface area contributed by atoms with E-state index in [0.29, 0.717) is 35.3 Å². The Kier molecular flexibility index (Phi) is 6.50. The second-order valence-electron chi connectivity index (χ2n) is 8.74. The molecule has 11 heteroatoms.